The summed E-state index contributed by atoms with van der Waals surface area (Å²) in [5, 5.41) is 13.2. The van der Waals surface area contributed by atoms with Gasteiger partial charge in [0, 0.05) is 30.9 Å². The number of benzene rings is 1. The SMILES string of the molecule is CCOC(=O)N[C@@H]1CC[C@@H]2[C@@H](C1)C[C@@H]1[C@H]([C@H]2/C=C/c2ccc(-c3cccc(F)c3)cn2)[C@@H](CO)C(=O)N1C. The Hall–Kier alpha value is -3.26. The van der Waals surface area contributed by atoms with Crippen LogP contribution in [0.4, 0.5) is 9.18 Å². The van der Waals surface area contributed by atoms with E-state index in [0.29, 0.717) is 18.4 Å². The van der Waals surface area contributed by atoms with E-state index < -0.39 is 5.92 Å². The van der Waals surface area contributed by atoms with Gasteiger partial charge in [0.1, 0.15) is 5.82 Å². The molecule has 1 aromatic carbocycles. The number of pyridine rings is 1. The van der Waals surface area contributed by atoms with E-state index in [9.17, 15) is 19.1 Å². The molecule has 0 spiro atoms. The summed E-state index contributed by atoms with van der Waals surface area (Å²) in [6, 6.07) is 10.4. The van der Waals surface area contributed by atoms with Crippen LogP contribution in [0.15, 0.2) is 48.7 Å². The highest BCUT2D eigenvalue weighted by Gasteiger charge is 2.56. The number of likely N-dealkylation sites (tertiary alicyclic amines) is 1. The van der Waals surface area contributed by atoms with E-state index in [1.54, 1.807) is 19.2 Å². The molecule has 1 aromatic heterocycles. The number of fused-ring (bicyclic) bond motifs is 2. The number of amides is 2. The average Bonchev–Trinajstić information content (AvgIpc) is 3.15. The van der Waals surface area contributed by atoms with Crippen molar-refractivity contribution in [2.75, 3.05) is 20.3 Å². The highest BCUT2D eigenvalue weighted by molar-refractivity contribution is 5.82. The van der Waals surface area contributed by atoms with Gasteiger partial charge in [-0.1, -0.05) is 24.3 Å². The van der Waals surface area contributed by atoms with Crippen molar-refractivity contribution >= 4 is 18.1 Å². The molecule has 8 heteroatoms. The van der Waals surface area contributed by atoms with Crippen molar-refractivity contribution in [3.63, 3.8) is 0 Å². The van der Waals surface area contributed by atoms with Crippen LogP contribution in [0.5, 0.6) is 0 Å². The lowest BCUT2D eigenvalue weighted by Crippen LogP contribution is -2.50. The number of carbonyl (C=O) groups excluding carboxylic acids is 2. The number of rotatable bonds is 6. The quantitative estimate of drug-likeness (QED) is 0.583. The first kappa shape index (κ1) is 26.4. The third-order valence-corrected chi connectivity index (χ3v) is 8.82. The molecule has 2 amide bonds. The topological polar surface area (TPSA) is 91.8 Å². The van der Waals surface area contributed by atoms with Crippen LogP contribution >= 0.6 is 0 Å². The van der Waals surface area contributed by atoms with Crippen molar-refractivity contribution < 1.29 is 23.8 Å². The second-order valence-electron chi connectivity index (χ2n) is 10.8. The molecule has 202 valence electrons. The first-order valence-corrected chi connectivity index (χ1v) is 13.6. The minimum Gasteiger partial charge on any atom is -0.450 e. The van der Waals surface area contributed by atoms with Gasteiger partial charge in [-0.3, -0.25) is 9.78 Å². The molecule has 1 saturated heterocycles. The molecule has 2 N–H and O–H groups in total. The molecule has 7 atom stereocenters. The van der Waals surface area contributed by atoms with Gasteiger partial charge in [0.15, 0.2) is 0 Å². The molecule has 0 unspecified atom stereocenters. The molecule has 2 saturated carbocycles. The van der Waals surface area contributed by atoms with E-state index >= 15 is 0 Å². The number of hydrogen-bond donors (Lipinski definition) is 2. The molecule has 3 fully saturated rings. The van der Waals surface area contributed by atoms with Gasteiger partial charge in [-0.15, -0.1) is 0 Å². The number of carbonyl (C=O) groups is 2. The molecular weight excluding hydrogens is 485 g/mol. The number of nitrogens with zero attached hydrogens (tertiary/aromatic N) is 2. The molecule has 38 heavy (non-hydrogen) atoms. The van der Waals surface area contributed by atoms with Crippen LogP contribution in [0.2, 0.25) is 0 Å². The highest BCUT2D eigenvalue weighted by atomic mass is 19.1. The third-order valence-electron chi connectivity index (χ3n) is 8.82. The molecule has 5 rings (SSSR count). The fraction of sp³-hybridized carbons (Fsp3) is 0.500. The summed E-state index contributed by atoms with van der Waals surface area (Å²) < 4.78 is 18.7. The number of hydrogen-bond acceptors (Lipinski definition) is 5. The van der Waals surface area contributed by atoms with Gasteiger partial charge in [0.25, 0.3) is 0 Å². The summed E-state index contributed by atoms with van der Waals surface area (Å²) in [5.41, 5.74) is 2.41. The smallest absolute Gasteiger partial charge is 0.407 e. The van der Waals surface area contributed by atoms with Crippen molar-refractivity contribution in [2.45, 2.75) is 44.7 Å². The number of nitrogens with one attached hydrogen (secondary N) is 1. The summed E-state index contributed by atoms with van der Waals surface area (Å²) in [6.45, 7) is 1.98. The Balaban J connectivity index is 1.38. The van der Waals surface area contributed by atoms with E-state index in [0.717, 1.165) is 42.5 Å². The zero-order valence-electron chi connectivity index (χ0n) is 21.9. The van der Waals surface area contributed by atoms with E-state index in [-0.39, 0.29) is 48.3 Å². The van der Waals surface area contributed by atoms with Crippen LogP contribution in [-0.2, 0) is 9.53 Å². The van der Waals surface area contributed by atoms with Crippen LogP contribution in [0.25, 0.3) is 17.2 Å². The van der Waals surface area contributed by atoms with Crippen molar-refractivity contribution in [3.05, 3.63) is 60.2 Å². The molecule has 0 radical (unpaired) electrons. The molecule has 7 nitrogen and oxygen atoms in total. The Morgan fingerprint density at radius 1 is 1.24 bits per heavy atom. The maximum atomic E-state index is 13.6. The molecule has 2 aliphatic carbocycles. The van der Waals surface area contributed by atoms with Crippen molar-refractivity contribution in [3.8, 4) is 11.1 Å². The highest BCUT2D eigenvalue weighted by Crippen LogP contribution is 2.53. The van der Waals surface area contributed by atoms with Crippen LogP contribution < -0.4 is 5.32 Å². The van der Waals surface area contributed by atoms with Gasteiger partial charge in [-0.05, 0) is 86.1 Å². The fourth-order valence-corrected chi connectivity index (χ4v) is 7.11. The normalized spacial score (nSPS) is 30.7. The summed E-state index contributed by atoms with van der Waals surface area (Å²) in [7, 11) is 1.85. The van der Waals surface area contributed by atoms with E-state index in [2.05, 4.69) is 16.4 Å². The van der Waals surface area contributed by atoms with Crippen LogP contribution in [0.3, 0.4) is 0 Å². The molecule has 3 aliphatic rings. The zero-order chi connectivity index (χ0) is 26.8. The minimum absolute atomic E-state index is 0.0123. The maximum absolute atomic E-state index is 13.6. The second-order valence-corrected chi connectivity index (χ2v) is 10.8. The second kappa shape index (κ2) is 11.2. The van der Waals surface area contributed by atoms with Crippen LogP contribution in [0.1, 0.15) is 38.3 Å². The Morgan fingerprint density at radius 3 is 2.79 bits per heavy atom. The Labute approximate surface area is 223 Å². The monoisotopic (exact) mass is 521 g/mol. The van der Waals surface area contributed by atoms with Crippen molar-refractivity contribution in [1.29, 1.82) is 0 Å². The summed E-state index contributed by atoms with van der Waals surface area (Å²) in [6.07, 6.45) is 9.09. The van der Waals surface area contributed by atoms with Gasteiger partial charge in [0.2, 0.25) is 5.91 Å². The van der Waals surface area contributed by atoms with E-state index in [1.165, 1.54) is 12.1 Å². The lowest BCUT2D eigenvalue weighted by molar-refractivity contribution is -0.131. The number of aliphatic hydroxyl groups is 1. The number of aliphatic hydroxyl groups excluding tert-OH is 1. The molecule has 0 bridgehead atoms. The van der Waals surface area contributed by atoms with E-state index in [4.69, 9.17) is 4.74 Å². The zero-order valence-corrected chi connectivity index (χ0v) is 21.9. The lowest BCUT2D eigenvalue weighted by atomic mass is 9.57. The number of allylic oxidation sites excluding steroid dienone is 1. The molecule has 1 aliphatic heterocycles. The fourth-order valence-electron chi connectivity index (χ4n) is 7.11. The molecular formula is C30H36FN3O4. The van der Waals surface area contributed by atoms with Crippen LogP contribution in [0, 0.1) is 35.4 Å². The van der Waals surface area contributed by atoms with Gasteiger partial charge >= 0.3 is 6.09 Å². The minimum atomic E-state index is -0.403. The summed E-state index contributed by atoms with van der Waals surface area (Å²) in [5.74, 6) is 0.177. The van der Waals surface area contributed by atoms with E-state index in [1.807, 2.05) is 36.2 Å². The average molecular weight is 522 g/mol. The first-order chi connectivity index (χ1) is 18.4. The Morgan fingerprint density at radius 2 is 2.08 bits per heavy atom. The van der Waals surface area contributed by atoms with Gasteiger partial charge in [-0.25, -0.2) is 9.18 Å². The number of aromatic nitrogens is 1. The van der Waals surface area contributed by atoms with Gasteiger partial charge < -0.3 is 20.1 Å². The third kappa shape index (κ3) is 5.19. The standard InChI is InChI=1S/C30H36FN3O4/c1-3-38-30(37)33-23-10-11-24-20(14-23)15-27-28(26(17-35)29(36)34(27)2)25(24)12-9-22-8-7-19(16-32-22)18-5-4-6-21(31)13-18/h4-9,12-13,16,20,23-28,35H,3,10-11,14-15,17H2,1-2H3,(H,33,37)/b12-9+/t20-,23+,24+,25-,26+,27+,28+/m0/s1. The predicted molar refractivity (Wildman–Crippen MR) is 142 cm³/mol. The summed E-state index contributed by atoms with van der Waals surface area (Å²) >= 11 is 0. The summed E-state index contributed by atoms with van der Waals surface area (Å²) in [4.78, 5) is 31.5. The molecule has 2 aromatic rings. The molecule has 2 heterocycles. The Bertz CT molecular complexity index is 1190. The number of halogens is 1. The van der Waals surface area contributed by atoms with Gasteiger partial charge in [0.05, 0.1) is 24.8 Å². The van der Waals surface area contributed by atoms with Crippen molar-refractivity contribution in [1.82, 2.24) is 15.2 Å². The van der Waals surface area contributed by atoms with Gasteiger partial charge in [-0.2, -0.15) is 0 Å². The maximum Gasteiger partial charge on any atom is 0.407 e. The predicted octanol–water partition coefficient (Wildman–Crippen LogP) is 4.52. The largest absolute Gasteiger partial charge is 0.450 e. The lowest BCUT2D eigenvalue weighted by Gasteiger charge is -2.49. The number of ether oxygens (including phenoxy) is 1. The number of alkyl carbamates (subject to hydrolysis) is 1. The Kier molecular flexibility index (Phi) is 7.79. The first-order valence-electron chi connectivity index (χ1n) is 13.6. The van der Waals surface area contributed by atoms with Crippen LogP contribution in [-0.4, -0.2) is 59.3 Å². The van der Waals surface area contributed by atoms with Crippen molar-refractivity contribution in [2.24, 2.45) is 29.6 Å².